The van der Waals surface area contributed by atoms with E-state index >= 15 is 0 Å². The SMILES string of the molecule is NCCCS(=O)(=O)Cc1ccccn1. The summed E-state index contributed by atoms with van der Waals surface area (Å²) < 4.78 is 22.9. The van der Waals surface area contributed by atoms with Gasteiger partial charge >= 0.3 is 0 Å². The first-order valence-corrected chi connectivity index (χ1v) is 6.26. The number of hydrogen-bond acceptors (Lipinski definition) is 4. The molecule has 2 N–H and O–H groups in total. The van der Waals surface area contributed by atoms with Crippen LogP contribution in [0.4, 0.5) is 0 Å². The molecule has 1 rings (SSSR count). The van der Waals surface area contributed by atoms with Crippen LogP contribution in [0.25, 0.3) is 0 Å². The van der Waals surface area contributed by atoms with Crippen LogP contribution >= 0.6 is 0 Å². The van der Waals surface area contributed by atoms with Crippen molar-refractivity contribution in [1.29, 1.82) is 0 Å². The molecule has 0 saturated heterocycles. The lowest BCUT2D eigenvalue weighted by molar-refractivity contribution is 0.592. The Morgan fingerprint density at radius 1 is 1.36 bits per heavy atom. The molecule has 14 heavy (non-hydrogen) atoms. The Morgan fingerprint density at radius 2 is 2.14 bits per heavy atom. The van der Waals surface area contributed by atoms with Crippen LogP contribution in [0.15, 0.2) is 24.4 Å². The van der Waals surface area contributed by atoms with Gasteiger partial charge in [0.05, 0.1) is 17.2 Å². The van der Waals surface area contributed by atoms with Crippen molar-refractivity contribution in [3.05, 3.63) is 30.1 Å². The highest BCUT2D eigenvalue weighted by Gasteiger charge is 2.11. The Labute approximate surface area is 84.1 Å². The van der Waals surface area contributed by atoms with E-state index < -0.39 is 9.84 Å². The molecule has 4 nitrogen and oxygen atoms in total. The topological polar surface area (TPSA) is 73.1 Å². The Hall–Kier alpha value is -0.940. The molecule has 0 saturated carbocycles. The molecule has 5 heteroatoms. The number of nitrogens with two attached hydrogens (primary N) is 1. The summed E-state index contributed by atoms with van der Waals surface area (Å²) in [6, 6.07) is 5.25. The largest absolute Gasteiger partial charge is 0.330 e. The first kappa shape index (κ1) is 11.1. The highest BCUT2D eigenvalue weighted by atomic mass is 32.2. The number of pyridine rings is 1. The molecule has 1 aromatic heterocycles. The maximum absolute atomic E-state index is 11.5. The van der Waals surface area contributed by atoms with Crippen molar-refractivity contribution in [2.45, 2.75) is 12.2 Å². The molecule has 0 bridgehead atoms. The van der Waals surface area contributed by atoms with Gasteiger partial charge < -0.3 is 5.73 Å². The zero-order chi connectivity index (χ0) is 10.4. The first-order chi connectivity index (χ1) is 6.64. The van der Waals surface area contributed by atoms with Gasteiger partial charge in [0.15, 0.2) is 9.84 Å². The van der Waals surface area contributed by atoms with Gasteiger partial charge in [0.25, 0.3) is 0 Å². The normalized spacial score (nSPS) is 11.5. The van der Waals surface area contributed by atoms with Crippen LogP contribution < -0.4 is 5.73 Å². The summed E-state index contributed by atoms with van der Waals surface area (Å²) >= 11 is 0. The molecule has 0 unspecified atom stereocenters. The van der Waals surface area contributed by atoms with Crippen molar-refractivity contribution in [1.82, 2.24) is 4.98 Å². The van der Waals surface area contributed by atoms with Crippen molar-refractivity contribution in [3.8, 4) is 0 Å². The lowest BCUT2D eigenvalue weighted by atomic mass is 10.4. The second-order valence-corrected chi connectivity index (χ2v) is 5.24. The maximum Gasteiger partial charge on any atom is 0.156 e. The summed E-state index contributed by atoms with van der Waals surface area (Å²) in [5.41, 5.74) is 5.84. The fraction of sp³-hybridized carbons (Fsp3) is 0.444. The molecular weight excluding hydrogens is 200 g/mol. The monoisotopic (exact) mass is 214 g/mol. The van der Waals surface area contributed by atoms with Crippen LogP contribution in [0.3, 0.4) is 0 Å². The third kappa shape index (κ3) is 3.85. The molecule has 0 aliphatic rings. The molecule has 0 fully saturated rings. The number of aromatic nitrogens is 1. The zero-order valence-corrected chi connectivity index (χ0v) is 8.70. The smallest absolute Gasteiger partial charge is 0.156 e. The zero-order valence-electron chi connectivity index (χ0n) is 7.89. The van der Waals surface area contributed by atoms with E-state index in [0.29, 0.717) is 18.7 Å². The molecule has 0 aromatic carbocycles. The second kappa shape index (κ2) is 5.07. The van der Waals surface area contributed by atoms with Crippen LogP contribution in [-0.2, 0) is 15.6 Å². The van der Waals surface area contributed by atoms with Gasteiger partial charge in [-0.05, 0) is 25.1 Å². The summed E-state index contributed by atoms with van der Waals surface area (Å²) in [6.45, 7) is 0.404. The summed E-state index contributed by atoms with van der Waals surface area (Å²) in [4.78, 5) is 3.96. The number of nitrogens with zero attached hydrogens (tertiary/aromatic N) is 1. The Morgan fingerprint density at radius 3 is 2.71 bits per heavy atom. The predicted octanol–water partition coefficient (Wildman–Crippen LogP) is 0.345. The first-order valence-electron chi connectivity index (χ1n) is 4.44. The summed E-state index contributed by atoms with van der Waals surface area (Å²) in [7, 11) is -3.04. The quantitative estimate of drug-likeness (QED) is 0.767. The molecule has 0 atom stereocenters. The molecule has 0 aliphatic heterocycles. The van der Waals surface area contributed by atoms with Gasteiger partial charge in [-0.2, -0.15) is 0 Å². The molecule has 1 heterocycles. The van der Waals surface area contributed by atoms with Crippen molar-refractivity contribution >= 4 is 9.84 Å². The number of rotatable bonds is 5. The van der Waals surface area contributed by atoms with E-state index in [1.807, 2.05) is 0 Å². The van der Waals surface area contributed by atoms with Crippen LogP contribution in [0.5, 0.6) is 0 Å². The van der Waals surface area contributed by atoms with Crippen molar-refractivity contribution in [2.75, 3.05) is 12.3 Å². The Balaban J connectivity index is 2.60. The van der Waals surface area contributed by atoms with E-state index in [1.165, 1.54) is 0 Å². The molecular formula is C9H14N2O2S. The second-order valence-electron chi connectivity index (χ2n) is 3.06. The summed E-state index contributed by atoms with van der Waals surface area (Å²) in [5, 5.41) is 0. The average Bonchev–Trinajstić information content (AvgIpc) is 2.16. The van der Waals surface area contributed by atoms with E-state index in [2.05, 4.69) is 4.98 Å². The Kier molecular flexibility index (Phi) is 4.03. The number of sulfone groups is 1. The molecule has 0 radical (unpaired) electrons. The molecule has 1 aromatic rings. The van der Waals surface area contributed by atoms with Crippen molar-refractivity contribution in [2.24, 2.45) is 5.73 Å². The van der Waals surface area contributed by atoms with Gasteiger partial charge in [-0.1, -0.05) is 6.07 Å². The van der Waals surface area contributed by atoms with Crippen LogP contribution in [-0.4, -0.2) is 25.7 Å². The molecule has 0 amide bonds. The van der Waals surface area contributed by atoms with Gasteiger partial charge in [-0.15, -0.1) is 0 Å². The third-order valence-electron chi connectivity index (χ3n) is 1.75. The molecule has 0 aliphatic carbocycles. The van der Waals surface area contributed by atoms with E-state index in [-0.39, 0.29) is 11.5 Å². The van der Waals surface area contributed by atoms with Gasteiger partial charge in [-0.3, -0.25) is 4.98 Å². The van der Waals surface area contributed by atoms with E-state index in [0.717, 1.165) is 0 Å². The Bertz CT molecular complexity index is 362. The maximum atomic E-state index is 11.5. The van der Waals surface area contributed by atoms with Crippen LogP contribution in [0.1, 0.15) is 12.1 Å². The van der Waals surface area contributed by atoms with Gasteiger partial charge in [0.1, 0.15) is 0 Å². The minimum Gasteiger partial charge on any atom is -0.330 e. The van der Waals surface area contributed by atoms with E-state index in [4.69, 9.17) is 5.73 Å². The van der Waals surface area contributed by atoms with E-state index in [1.54, 1.807) is 24.4 Å². The van der Waals surface area contributed by atoms with E-state index in [9.17, 15) is 8.42 Å². The van der Waals surface area contributed by atoms with Crippen LogP contribution in [0, 0.1) is 0 Å². The highest BCUT2D eigenvalue weighted by molar-refractivity contribution is 7.90. The minimum atomic E-state index is -3.04. The fourth-order valence-electron chi connectivity index (χ4n) is 1.08. The average molecular weight is 214 g/mol. The predicted molar refractivity (Wildman–Crippen MR) is 55.4 cm³/mol. The third-order valence-corrected chi connectivity index (χ3v) is 3.40. The number of hydrogen-bond donors (Lipinski definition) is 1. The summed E-state index contributed by atoms with van der Waals surface area (Å²) in [5.74, 6) is 0.147. The lowest BCUT2D eigenvalue weighted by Crippen LogP contribution is -2.13. The fourth-order valence-corrected chi connectivity index (χ4v) is 2.46. The lowest BCUT2D eigenvalue weighted by Gasteiger charge is -2.02. The molecule has 78 valence electrons. The van der Waals surface area contributed by atoms with Gasteiger partial charge in [-0.25, -0.2) is 8.42 Å². The van der Waals surface area contributed by atoms with Gasteiger partial charge in [0.2, 0.25) is 0 Å². The van der Waals surface area contributed by atoms with Crippen molar-refractivity contribution < 1.29 is 8.42 Å². The molecule has 0 spiro atoms. The summed E-state index contributed by atoms with van der Waals surface area (Å²) in [6.07, 6.45) is 2.10. The van der Waals surface area contributed by atoms with Crippen molar-refractivity contribution in [3.63, 3.8) is 0 Å². The minimum absolute atomic E-state index is 0.00778. The standard InChI is InChI=1S/C9H14N2O2S/c10-5-3-7-14(12,13)8-9-4-1-2-6-11-9/h1-2,4,6H,3,5,7-8,10H2. The van der Waals surface area contributed by atoms with Crippen LogP contribution in [0.2, 0.25) is 0 Å². The van der Waals surface area contributed by atoms with Gasteiger partial charge in [0, 0.05) is 6.20 Å². The highest BCUT2D eigenvalue weighted by Crippen LogP contribution is 2.03.